The van der Waals surface area contributed by atoms with Gasteiger partial charge in [0.25, 0.3) is 0 Å². The molecule has 0 saturated carbocycles. The number of methoxy groups -OCH3 is 3. The average Bonchev–Trinajstić information content (AvgIpc) is 3.06. The molecule has 26 heavy (non-hydrogen) atoms. The van der Waals surface area contributed by atoms with E-state index < -0.39 is 0 Å². The maximum absolute atomic E-state index is 5.46. The highest BCUT2D eigenvalue weighted by Crippen LogP contribution is 2.39. The lowest BCUT2D eigenvalue weighted by Crippen LogP contribution is -2.00. The van der Waals surface area contributed by atoms with Gasteiger partial charge in [-0.2, -0.15) is 14.9 Å². The van der Waals surface area contributed by atoms with Gasteiger partial charge in [-0.05, 0) is 36.5 Å². The molecule has 0 amide bonds. The number of ether oxygens (including phenoxy) is 3. The van der Waals surface area contributed by atoms with Crippen molar-refractivity contribution >= 4 is 18.4 Å². The molecule has 0 bridgehead atoms. The standard InChI is InChI=1S/C17H17N5O3S/c1-23-13-7-6-11(14(24-2)15(13)25-3)10-19-22-16(20-21-17(22)26)12-5-4-8-18-9-12/h4-10H,1-3H3,(H,21,26)/b19-10+. The van der Waals surface area contributed by atoms with Crippen molar-refractivity contribution in [3.05, 3.63) is 47.0 Å². The van der Waals surface area contributed by atoms with Crippen molar-refractivity contribution in [1.29, 1.82) is 0 Å². The molecule has 0 unspecified atom stereocenters. The van der Waals surface area contributed by atoms with Gasteiger partial charge in [-0.1, -0.05) is 0 Å². The van der Waals surface area contributed by atoms with E-state index in [1.165, 1.54) is 4.68 Å². The molecule has 0 radical (unpaired) electrons. The first-order valence-corrected chi connectivity index (χ1v) is 8.01. The Balaban J connectivity index is 2.05. The lowest BCUT2D eigenvalue weighted by Gasteiger charge is -2.13. The number of nitrogens with one attached hydrogen (secondary N) is 1. The molecule has 3 aromatic rings. The molecule has 0 atom stereocenters. The summed E-state index contributed by atoms with van der Waals surface area (Å²) in [6, 6.07) is 7.29. The number of aromatic nitrogens is 4. The average molecular weight is 371 g/mol. The first-order chi connectivity index (χ1) is 12.7. The van der Waals surface area contributed by atoms with Crippen LogP contribution in [0.25, 0.3) is 11.4 Å². The third kappa shape index (κ3) is 3.29. The molecule has 1 aromatic carbocycles. The summed E-state index contributed by atoms with van der Waals surface area (Å²) in [5.41, 5.74) is 1.49. The number of pyridine rings is 1. The van der Waals surface area contributed by atoms with Gasteiger partial charge in [0.2, 0.25) is 10.5 Å². The monoisotopic (exact) mass is 371 g/mol. The van der Waals surface area contributed by atoms with Crippen LogP contribution in [0, 0.1) is 4.77 Å². The molecule has 0 aliphatic rings. The van der Waals surface area contributed by atoms with Crippen molar-refractivity contribution in [3.63, 3.8) is 0 Å². The minimum atomic E-state index is 0.361. The van der Waals surface area contributed by atoms with E-state index in [1.54, 1.807) is 46.0 Å². The summed E-state index contributed by atoms with van der Waals surface area (Å²) < 4.78 is 18.0. The Hall–Kier alpha value is -3.20. The first kappa shape index (κ1) is 17.6. The smallest absolute Gasteiger partial charge is 0.216 e. The van der Waals surface area contributed by atoms with E-state index in [2.05, 4.69) is 20.3 Å². The third-order valence-electron chi connectivity index (χ3n) is 3.62. The van der Waals surface area contributed by atoms with Crippen molar-refractivity contribution in [2.45, 2.75) is 0 Å². The molecule has 1 N–H and O–H groups in total. The number of rotatable bonds is 6. The Bertz CT molecular complexity index is 982. The second kappa shape index (κ2) is 7.79. The predicted octanol–water partition coefficient (Wildman–Crippen LogP) is 2.91. The molecule has 0 fully saturated rings. The normalized spacial score (nSPS) is 10.9. The second-order valence-electron chi connectivity index (χ2n) is 5.07. The quantitative estimate of drug-likeness (QED) is 0.530. The third-order valence-corrected chi connectivity index (χ3v) is 3.88. The van der Waals surface area contributed by atoms with E-state index in [0.717, 1.165) is 5.56 Å². The van der Waals surface area contributed by atoms with Crippen molar-refractivity contribution in [3.8, 4) is 28.6 Å². The fourth-order valence-corrected chi connectivity index (χ4v) is 2.61. The van der Waals surface area contributed by atoms with Crippen LogP contribution in [0.15, 0.2) is 41.8 Å². The van der Waals surface area contributed by atoms with E-state index in [1.807, 2.05) is 18.2 Å². The number of hydrogen-bond acceptors (Lipinski definition) is 7. The second-order valence-corrected chi connectivity index (χ2v) is 5.46. The highest BCUT2D eigenvalue weighted by molar-refractivity contribution is 7.71. The number of benzene rings is 1. The minimum Gasteiger partial charge on any atom is -0.493 e. The molecule has 0 aliphatic carbocycles. The zero-order valence-corrected chi connectivity index (χ0v) is 15.3. The summed E-state index contributed by atoms with van der Waals surface area (Å²) in [6.07, 6.45) is 4.99. The van der Waals surface area contributed by atoms with Gasteiger partial charge in [-0.3, -0.25) is 4.98 Å². The molecule has 9 heteroatoms. The van der Waals surface area contributed by atoms with Crippen LogP contribution in [0.4, 0.5) is 0 Å². The summed E-state index contributed by atoms with van der Waals surface area (Å²) in [7, 11) is 4.67. The van der Waals surface area contributed by atoms with Crippen molar-refractivity contribution < 1.29 is 14.2 Å². The van der Waals surface area contributed by atoms with Gasteiger partial charge in [0.1, 0.15) is 0 Å². The molecule has 2 aromatic heterocycles. The van der Waals surface area contributed by atoms with Crippen LogP contribution in [-0.2, 0) is 0 Å². The Kier molecular flexibility index (Phi) is 5.28. The zero-order chi connectivity index (χ0) is 18.5. The number of nitrogens with zero attached hydrogens (tertiary/aromatic N) is 4. The predicted molar refractivity (Wildman–Crippen MR) is 99.7 cm³/mol. The van der Waals surface area contributed by atoms with Crippen LogP contribution >= 0.6 is 12.2 Å². The van der Waals surface area contributed by atoms with Gasteiger partial charge in [-0.15, -0.1) is 0 Å². The van der Waals surface area contributed by atoms with Gasteiger partial charge in [-0.25, -0.2) is 5.10 Å². The van der Waals surface area contributed by atoms with Crippen LogP contribution in [0.1, 0.15) is 5.56 Å². The SMILES string of the molecule is COc1ccc(/C=N/n2c(-c3cccnc3)n[nH]c2=S)c(OC)c1OC. The Morgan fingerprint density at radius 3 is 2.58 bits per heavy atom. The molecule has 2 heterocycles. The minimum absolute atomic E-state index is 0.361. The zero-order valence-electron chi connectivity index (χ0n) is 14.5. The number of aromatic amines is 1. The van der Waals surface area contributed by atoms with Crippen molar-refractivity contribution in [2.75, 3.05) is 21.3 Å². The van der Waals surface area contributed by atoms with E-state index in [9.17, 15) is 0 Å². The number of H-pyrrole nitrogens is 1. The molecule has 0 saturated heterocycles. The van der Waals surface area contributed by atoms with Crippen LogP contribution in [0.3, 0.4) is 0 Å². The highest BCUT2D eigenvalue weighted by Gasteiger charge is 2.15. The van der Waals surface area contributed by atoms with E-state index >= 15 is 0 Å². The Morgan fingerprint density at radius 2 is 1.92 bits per heavy atom. The summed E-state index contributed by atoms with van der Waals surface area (Å²) in [5, 5.41) is 11.4. The summed E-state index contributed by atoms with van der Waals surface area (Å²) >= 11 is 5.27. The maximum atomic E-state index is 5.46. The van der Waals surface area contributed by atoms with Gasteiger partial charge in [0.15, 0.2) is 17.3 Å². The van der Waals surface area contributed by atoms with Gasteiger partial charge in [0, 0.05) is 23.5 Å². The van der Waals surface area contributed by atoms with Gasteiger partial charge < -0.3 is 14.2 Å². The van der Waals surface area contributed by atoms with Crippen LogP contribution in [0.2, 0.25) is 0 Å². The molecule has 0 spiro atoms. The number of hydrogen-bond donors (Lipinski definition) is 1. The van der Waals surface area contributed by atoms with Gasteiger partial charge in [0.05, 0.1) is 27.5 Å². The molecular formula is C17H17N5O3S. The lowest BCUT2D eigenvalue weighted by atomic mass is 10.2. The van der Waals surface area contributed by atoms with Crippen LogP contribution in [0.5, 0.6) is 17.2 Å². The molecular weight excluding hydrogens is 354 g/mol. The summed E-state index contributed by atoms with van der Waals surface area (Å²) in [6.45, 7) is 0. The van der Waals surface area contributed by atoms with Crippen LogP contribution in [-0.4, -0.2) is 47.4 Å². The molecule has 8 nitrogen and oxygen atoms in total. The van der Waals surface area contributed by atoms with Gasteiger partial charge >= 0.3 is 0 Å². The van der Waals surface area contributed by atoms with Crippen LogP contribution < -0.4 is 14.2 Å². The maximum Gasteiger partial charge on any atom is 0.216 e. The largest absolute Gasteiger partial charge is 0.493 e. The van der Waals surface area contributed by atoms with Crippen molar-refractivity contribution in [2.24, 2.45) is 5.10 Å². The topological polar surface area (TPSA) is 86.6 Å². The molecule has 3 rings (SSSR count). The van der Waals surface area contributed by atoms with E-state index in [-0.39, 0.29) is 0 Å². The van der Waals surface area contributed by atoms with E-state index in [4.69, 9.17) is 26.4 Å². The lowest BCUT2D eigenvalue weighted by molar-refractivity contribution is 0.324. The van der Waals surface area contributed by atoms with Crippen molar-refractivity contribution in [1.82, 2.24) is 19.9 Å². The summed E-state index contributed by atoms with van der Waals surface area (Å²) in [4.78, 5) is 4.10. The molecule has 0 aliphatic heterocycles. The fourth-order valence-electron chi connectivity index (χ4n) is 2.43. The highest BCUT2D eigenvalue weighted by atomic mass is 32.1. The fraction of sp³-hybridized carbons (Fsp3) is 0.176. The summed E-state index contributed by atoms with van der Waals surface area (Å²) in [5.74, 6) is 2.12. The Labute approximate surface area is 155 Å². The first-order valence-electron chi connectivity index (χ1n) is 7.60. The Morgan fingerprint density at radius 1 is 1.12 bits per heavy atom. The van der Waals surface area contributed by atoms with E-state index in [0.29, 0.717) is 33.4 Å². The molecule has 134 valence electrons.